The standard InChI is InChI=1S/C36H68N2O4/c1-28(2,3)32(13)20-24(21-33(14,37-32)29(4,5)6)36(27(41)42,19-17-18-26(39)40)25-22-34(15,30(7,8)9)38-35(16,23-25)31(10,11)12/h24-25,37-38H,17-23H2,1-16H3,(H,39,40)(H,41,42)/p-2. The largest absolute Gasteiger partial charge is 0.550 e. The Bertz CT molecular complexity index is 891. The number of carboxylic acid groups (broad SMARTS) is 2. The molecule has 0 aromatic rings. The summed E-state index contributed by atoms with van der Waals surface area (Å²) < 4.78 is 0. The molecule has 0 aromatic heterocycles. The van der Waals surface area contributed by atoms with Gasteiger partial charge in [-0.3, -0.25) is 0 Å². The summed E-state index contributed by atoms with van der Waals surface area (Å²) >= 11 is 0. The van der Waals surface area contributed by atoms with Crippen LogP contribution in [0.2, 0.25) is 0 Å². The summed E-state index contributed by atoms with van der Waals surface area (Å²) in [5, 5.41) is 33.8. The van der Waals surface area contributed by atoms with Crippen LogP contribution in [0.4, 0.5) is 0 Å². The van der Waals surface area contributed by atoms with Gasteiger partial charge < -0.3 is 30.4 Å². The van der Waals surface area contributed by atoms with Gasteiger partial charge in [-0.1, -0.05) is 83.1 Å². The van der Waals surface area contributed by atoms with E-state index in [0.717, 1.165) is 0 Å². The van der Waals surface area contributed by atoms with Gasteiger partial charge in [0.05, 0.1) is 0 Å². The zero-order valence-corrected chi connectivity index (χ0v) is 30.2. The molecule has 0 bridgehead atoms. The number of carbonyl (C=O) groups is 2. The lowest BCUT2D eigenvalue weighted by Gasteiger charge is -2.66. The average molecular weight is 591 g/mol. The summed E-state index contributed by atoms with van der Waals surface area (Å²) in [6.07, 6.45) is 3.13. The van der Waals surface area contributed by atoms with Crippen LogP contribution >= 0.6 is 0 Å². The van der Waals surface area contributed by atoms with E-state index in [2.05, 4.69) is 121 Å². The van der Waals surface area contributed by atoms with E-state index in [9.17, 15) is 19.8 Å². The van der Waals surface area contributed by atoms with Crippen LogP contribution in [0.25, 0.3) is 0 Å². The zero-order chi connectivity index (χ0) is 33.2. The third-order valence-corrected chi connectivity index (χ3v) is 13.2. The number of carboxylic acids is 2. The van der Waals surface area contributed by atoms with Gasteiger partial charge >= 0.3 is 0 Å². The van der Waals surface area contributed by atoms with Gasteiger partial charge in [0.25, 0.3) is 0 Å². The molecule has 2 heterocycles. The Labute approximate surface area is 259 Å². The normalized spacial score (nSPS) is 36.8. The molecule has 6 nitrogen and oxygen atoms in total. The summed E-state index contributed by atoms with van der Waals surface area (Å²) in [6, 6.07) is 0. The Morgan fingerprint density at radius 1 is 0.595 bits per heavy atom. The van der Waals surface area contributed by atoms with E-state index in [-0.39, 0.29) is 74.9 Å². The molecule has 2 saturated heterocycles. The number of hydrogen-bond donors (Lipinski definition) is 2. The van der Waals surface area contributed by atoms with Gasteiger partial charge in [-0.05, 0) is 106 Å². The molecule has 2 aliphatic rings. The molecule has 2 N–H and O–H groups in total. The van der Waals surface area contributed by atoms with E-state index in [0.29, 0.717) is 25.7 Å². The molecule has 0 aromatic carbocycles. The monoisotopic (exact) mass is 591 g/mol. The lowest BCUT2D eigenvalue weighted by atomic mass is 9.47. The quantitative estimate of drug-likeness (QED) is 0.385. The van der Waals surface area contributed by atoms with E-state index < -0.39 is 17.4 Å². The first kappa shape index (κ1) is 37.0. The highest BCUT2D eigenvalue weighted by atomic mass is 16.4. The minimum absolute atomic E-state index is 0.144. The highest BCUT2D eigenvalue weighted by Gasteiger charge is 2.62. The molecule has 0 radical (unpaired) electrons. The van der Waals surface area contributed by atoms with Crippen LogP contribution in [0.3, 0.4) is 0 Å². The van der Waals surface area contributed by atoms with Gasteiger partial charge in [0, 0.05) is 39.5 Å². The Morgan fingerprint density at radius 3 is 1.05 bits per heavy atom. The van der Waals surface area contributed by atoms with Crippen molar-refractivity contribution >= 4 is 11.9 Å². The fraction of sp³-hybridized carbons (Fsp3) is 0.944. The first-order valence-electron chi connectivity index (χ1n) is 16.4. The minimum Gasteiger partial charge on any atom is -0.550 e. The van der Waals surface area contributed by atoms with Crippen molar-refractivity contribution in [3.05, 3.63) is 0 Å². The molecular weight excluding hydrogens is 524 g/mol. The second-order valence-corrected chi connectivity index (χ2v) is 19.3. The van der Waals surface area contributed by atoms with E-state index in [1.54, 1.807) is 0 Å². The highest BCUT2D eigenvalue weighted by Crippen LogP contribution is 2.61. The Morgan fingerprint density at radius 2 is 0.857 bits per heavy atom. The number of hydrogen-bond acceptors (Lipinski definition) is 6. The molecule has 0 amide bonds. The molecule has 246 valence electrons. The van der Waals surface area contributed by atoms with Crippen molar-refractivity contribution in [2.24, 2.45) is 38.9 Å². The van der Waals surface area contributed by atoms with Crippen LogP contribution in [0.1, 0.15) is 156 Å². The van der Waals surface area contributed by atoms with Gasteiger partial charge in [0.1, 0.15) is 0 Å². The minimum atomic E-state index is -1.20. The van der Waals surface area contributed by atoms with Crippen LogP contribution in [0, 0.1) is 38.9 Å². The average Bonchev–Trinajstić information content (AvgIpc) is 2.72. The SMILES string of the molecule is CC(C)(C)C1(C)CC(C(CCCC(=O)[O-])(C(=O)[O-])C2CC(C)(C(C)(C)C)NC(C)(C(C)(C)C)C2)CC(C)(C(C)(C)C)N1. The van der Waals surface area contributed by atoms with Gasteiger partial charge in [-0.25, -0.2) is 0 Å². The lowest BCUT2D eigenvalue weighted by molar-refractivity contribution is -0.330. The summed E-state index contributed by atoms with van der Waals surface area (Å²) in [5.41, 5.74) is -3.16. The topological polar surface area (TPSA) is 104 Å². The van der Waals surface area contributed by atoms with Crippen LogP contribution in [-0.4, -0.2) is 34.1 Å². The molecule has 4 atom stereocenters. The summed E-state index contributed by atoms with van der Waals surface area (Å²) in [5.74, 6) is -2.54. The third kappa shape index (κ3) is 6.60. The summed E-state index contributed by atoms with van der Waals surface area (Å²) in [6.45, 7) is 35.9. The molecule has 42 heavy (non-hydrogen) atoms. The van der Waals surface area contributed by atoms with Gasteiger partial charge in [-0.2, -0.15) is 0 Å². The van der Waals surface area contributed by atoms with E-state index in [1.165, 1.54) is 0 Å². The summed E-state index contributed by atoms with van der Waals surface area (Å²) in [4.78, 5) is 25.7. The first-order chi connectivity index (χ1) is 18.4. The Hall–Kier alpha value is -1.14. The van der Waals surface area contributed by atoms with Crippen molar-refractivity contribution in [2.45, 2.75) is 178 Å². The molecule has 2 aliphatic heterocycles. The fourth-order valence-corrected chi connectivity index (χ4v) is 7.94. The Balaban J connectivity index is 2.94. The fourth-order valence-electron chi connectivity index (χ4n) is 7.94. The van der Waals surface area contributed by atoms with Crippen LogP contribution < -0.4 is 20.8 Å². The van der Waals surface area contributed by atoms with Crippen LogP contribution in [-0.2, 0) is 9.59 Å². The van der Waals surface area contributed by atoms with Gasteiger partial charge in [0.15, 0.2) is 0 Å². The number of rotatable bonds is 7. The van der Waals surface area contributed by atoms with Crippen LogP contribution in [0.5, 0.6) is 0 Å². The second-order valence-electron chi connectivity index (χ2n) is 19.3. The first-order valence-corrected chi connectivity index (χ1v) is 16.4. The maximum atomic E-state index is 14.0. The molecule has 2 rings (SSSR count). The van der Waals surface area contributed by atoms with E-state index in [4.69, 9.17) is 0 Å². The van der Waals surface area contributed by atoms with Crippen molar-refractivity contribution in [3.8, 4) is 0 Å². The molecule has 2 fully saturated rings. The van der Waals surface area contributed by atoms with Crippen molar-refractivity contribution in [1.82, 2.24) is 10.6 Å². The summed E-state index contributed by atoms with van der Waals surface area (Å²) in [7, 11) is 0. The second kappa shape index (κ2) is 11.0. The lowest BCUT2D eigenvalue weighted by Crippen LogP contribution is -2.74. The molecule has 0 aliphatic carbocycles. The number of nitrogens with one attached hydrogen (secondary N) is 2. The highest BCUT2D eigenvalue weighted by molar-refractivity contribution is 5.74. The van der Waals surface area contributed by atoms with E-state index in [1.807, 2.05) is 0 Å². The molecule has 0 spiro atoms. The molecule has 4 unspecified atom stereocenters. The molecule has 6 heteroatoms. The van der Waals surface area contributed by atoms with Crippen molar-refractivity contribution < 1.29 is 19.8 Å². The smallest absolute Gasteiger partial charge is 0.0481 e. The maximum absolute atomic E-state index is 14.0. The number of piperidine rings is 2. The Kier molecular flexibility index (Phi) is 9.73. The van der Waals surface area contributed by atoms with Gasteiger partial charge in [0.2, 0.25) is 0 Å². The molecular formula is C36H66N2O4-2. The van der Waals surface area contributed by atoms with Gasteiger partial charge in [-0.15, -0.1) is 0 Å². The number of aliphatic carboxylic acids is 2. The van der Waals surface area contributed by atoms with Crippen molar-refractivity contribution in [1.29, 1.82) is 0 Å². The molecule has 0 saturated carbocycles. The van der Waals surface area contributed by atoms with Crippen molar-refractivity contribution in [3.63, 3.8) is 0 Å². The third-order valence-electron chi connectivity index (χ3n) is 13.2. The predicted octanol–water partition coefficient (Wildman–Crippen LogP) is 5.86. The van der Waals surface area contributed by atoms with Crippen LogP contribution in [0.15, 0.2) is 0 Å². The van der Waals surface area contributed by atoms with Crippen molar-refractivity contribution in [2.75, 3.05) is 0 Å². The maximum Gasteiger partial charge on any atom is 0.0481 e. The zero-order valence-electron chi connectivity index (χ0n) is 30.2. The number of carbonyl (C=O) groups excluding carboxylic acids is 2. The van der Waals surface area contributed by atoms with E-state index >= 15 is 0 Å². The predicted molar refractivity (Wildman–Crippen MR) is 169 cm³/mol.